The molecular weight excluding hydrogens is 234 g/mol. The number of nitrogens with one attached hydrogen (secondary N) is 2. The van der Waals surface area contributed by atoms with Crippen molar-refractivity contribution in [3.63, 3.8) is 0 Å². The van der Waals surface area contributed by atoms with Crippen LogP contribution in [0.15, 0.2) is 35.3 Å². The Morgan fingerprint density at radius 1 is 1.16 bits per heavy atom. The van der Waals surface area contributed by atoms with Crippen molar-refractivity contribution in [1.82, 2.24) is 10.6 Å². The first kappa shape index (κ1) is 12.5. The fourth-order valence-electron chi connectivity index (χ4n) is 2.61. The summed E-state index contributed by atoms with van der Waals surface area (Å²) in [4.78, 5) is 4.32. The maximum absolute atomic E-state index is 4.32. The van der Waals surface area contributed by atoms with Crippen molar-refractivity contribution in [2.45, 2.75) is 38.3 Å². The Hall–Kier alpha value is -1.51. The zero-order valence-corrected chi connectivity index (χ0v) is 11.8. The second-order valence-corrected chi connectivity index (χ2v) is 5.97. The van der Waals surface area contributed by atoms with Crippen LogP contribution in [-0.4, -0.2) is 25.1 Å². The first-order valence-corrected chi connectivity index (χ1v) is 7.30. The Morgan fingerprint density at radius 3 is 2.47 bits per heavy atom. The molecule has 2 fully saturated rings. The van der Waals surface area contributed by atoms with E-state index in [4.69, 9.17) is 0 Å². The van der Waals surface area contributed by atoms with Crippen LogP contribution >= 0.6 is 0 Å². The van der Waals surface area contributed by atoms with Crippen molar-refractivity contribution in [2.24, 2.45) is 16.8 Å². The third-order valence-corrected chi connectivity index (χ3v) is 4.24. The quantitative estimate of drug-likeness (QED) is 0.641. The van der Waals surface area contributed by atoms with Gasteiger partial charge in [-0.3, -0.25) is 4.99 Å². The van der Waals surface area contributed by atoms with Crippen molar-refractivity contribution < 1.29 is 0 Å². The summed E-state index contributed by atoms with van der Waals surface area (Å²) in [6.07, 6.45) is 3.71. The molecule has 0 radical (unpaired) electrons. The predicted molar refractivity (Wildman–Crippen MR) is 79.2 cm³/mol. The van der Waals surface area contributed by atoms with E-state index in [9.17, 15) is 0 Å². The molecule has 0 bridgehead atoms. The monoisotopic (exact) mass is 257 g/mol. The van der Waals surface area contributed by atoms with Crippen molar-refractivity contribution in [3.8, 4) is 0 Å². The van der Waals surface area contributed by atoms with E-state index < -0.39 is 0 Å². The molecule has 4 atom stereocenters. The highest BCUT2D eigenvalue weighted by atomic mass is 15.2. The van der Waals surface area contributed by atoms with Crippen molar-refractivity contribution in [3.05, 3.63) is 35.9 Å². The summed E-state index contributed by atoms with van der Waals surface area (Å²) in [7, 11) is 1.86. The molecule has 2 aliphatic rings. The summed E-state index contributed by atoms with van der Waals surface area (Å²) in [5, 5.41) is 7.03. The third-order valence-electron chi connectivity index (χ3n) is 4.24. The van der Waals surface area contributed by atoms with E-state index in [-0.39, 0.29) is 0 Å². The van der Waals surface area contributed by atoms with Crippen LogP contribution in [-0.2, 0) is 6.42 Å². The van der Waals surface area contributed by atoms with Crippen molar-refractivity contribution in [1.29, 1.82) is 0 Å². The fourth-order valence-corrected chi connectivity index (χ4v) is 2.61. The molecular formula is C16H23N3. The molecule has 0 saturated heterocycles. The Kier molecular flexibility index (Phi) is 3.45. The lowest BCUT2D eigenvalue weighted by Gasteiger charge is -2.11. The van der Waals surface area contributed by atoms with Gasteiger partial charge in [-0.2, -0.15) is 0 Å². The van der Waals surface area contributed by atoms with E-state index in [0.717, 1.165) is 17.8 Å². The molecule has 3 nitrogen and oxygen atoms in total. The van der Waals surface area contributed by atoms with E-state index in [1.54, 1.807) is 0 Å². The van der Waals surface area contributed by atoms with E-state index in [2.05, 4.69) is 52.9 Å². The van der Waals surface area contributed by atoms with Crippen LogP contribution in [0.5, 0.6) is 0 Å². The van der Waals surface area contributed by atoms with Gasteiger partial charge in [-0.15, -0.1) is 0 Å². The van der Waals surface area contributed by atoms with Gasteiger partial charge in [-0.1, -0.05) is 37.3 Å². The zero-order valence-electron chi connectivity index (χ0n) is 11.8. The smallest absolute Gasteiger partial charge is 0.191 e. The predicted octanol–water partition coefficient (Wildman–Crippen LogP) is 2.19. The third kappa shape index (κ3) is 3.28. The molecule has 0 aromatic heterocycles. The van der Waals surface area contributed by atoms with E-state index in [1.807, 2.05) is 7.05 Å². The van der Waals surface area contributed by atoms with E-state index in [0.29, 0.717) is 12.1 Å². The van der Waals surface area contributed by atoms with Crippen molar-refractivity contribution >= 4 is 5.96 Å². The Labute approximate surface area is 115 Å². The molecule has 2 saturated carbocycles. The molecule has 2 N–H and O–H groups in total. The van der Waals surface area contributed by atoms with E-state index in [1.165, 1.54) is 24.8 Å². The molecule has 2 aliphatic carbocycles. The highest BCUT2D eigenvalue weighted by Crippen LogP contribution is 2.34. The van der Waals surface area contributed by atoms with Gasteiger partial charge in [0, 0.05) is 19.1 Å². The van der Waals surface area contributed by atoms with E-state index >= 15 is 0 Å². The Morgan fingerprint density at radius 2 is 1.84 bits per heavy atom. The number of benzene rings is 1. The molecule has 0 amide bonds. The molecule has 0 spiro atoms. The highest BCUT2D eigenvalue weighted by Gasteiger charge is 2.39. The van der Waals surface area contributed by atoms with Crippen LogP contribution in [0.3, 0.4) is 0 Å². The van der Waals surface area contributed by atoms with Crippen LogP contribution in [0.1, 0.15) is 25.3 Å². The summed E-state index contributed by atoms with van der Waals surface area (Å²) in [5.74, 6) is 2.55. The maximum atomic E-state index is 4.32. The molecule has 1 aromatic carbocycles. The average molecular weight is 257 g/mol. The topological polar surface area (TPSA) is 36.4 Å². The summed E-state index contributed by atoms with van der Waals surface area (Å²) < 4.78 is 0. The van der Waals surface area contributed by atoms with Gasteiger partial charge >= 0.3 is 0 Å². The second-order valence-electron chi connectivity index (χ2n) is 5.97. The number of hydrogen-bond donors (Lipinski definition) is 2. The summed E-state index contributed by atoms with van der Waals surface area (Å²) >= 11 is 0. The number of guanidine groups is 1. The largest absolute Gasteiger partial charge is 0.353 e. The summed E-state index contributed by atoms with van der Waals surface area (Å²) in [6, 6.07) is 12.0. The fraction of sp³-hybridized carbons (Fsp3) is 0.562. The maximum Gasteiger partial charge on any atom is 0.191 e. The van der Waals surface area contributed by atoms with Crippen LogP contribution in [0.25, 0.3) is 0 Å². The average Bonchev–Trinajstić information content (AvgIpc) is 3.31. The van der Waals surface area contributed by atoms with Crippen LogP contribution in [0.2, 0.25) is 0 Å². The SMILES string of the molecule is CN=C(NC1CC1C)NC1CC1Cc1ccccc1. The molecule has 0 aliphatic heterocycles. The molecule has 3 heteroatoms. The highest BCUT2D eigenvalue weighted by molar-refractivity contribution is 5.81. The molecule has 102 valence electrons. The molecule has 4 unspecified atom stereocenters. The Balaban J connectivity index is 1.45. The number of nitrogens with zero attached hydrogens (tertiary/aromatic N) is 1. The van der Waals surface area contributed by atoms with Crippen LogP contribution < -0.4 is 10.6 Å². The number of rotatable bonds is 4. The van der Waals surface area contributed by atoms with Gasteiger partial charge in [0.05, 0.1) is 0 Å². The molecule has 0 heterocycles. The zero-order chi connectivity index (χ0) is 13.2. The lowest BCUT2D eigenvalue weighted by atomic mass is 10.1. The Bertz CT molecular complexity index is 454. The normalized spacial score (nSPS) is 32.8. The summed E-state index contributed by atoms with van der Waals surface area (Å²) in [5.41, 5.74) is 1.44. The number of hydrogen-bond acceptors (Lipinski definition) is 1. The van der Waals surface area contributed by atoms with Gasteiger partial charge in [0.1, 0.15) is 0 Å². The van der Waals surface area contributed by atoms with Gasteiger partial charge in [-0.05, 0) is 36.7 Å². The number of aliphatic imine (C=N–C) groups is 1. The molecule has 1 aromatic rings. The van der Waals surface area contributed by atoms with Gasteiger partial charge in [0.15, 0.2) is 5.96 Å². The standard InChI is InChI=1S/C16H23N3/c1-11-8-14(11)18-16(17-2)19-15-10-13(15)9-12-6-4-3-5-7-12/h3-7,11,13-15H,8-10H2,1-2H3,(H2,17,18,19). The van der Waals surface area contributed by atoms with Gasteiger partial charge < -0.3 is 10.6 Å². The minimum atomic E-state index is 0.598. The lowest BCUT2D eigenvalue weighted by molar-refractivity contribution is 0.710. The van der Waals surface area contributed by atoms with Gasteiger partial charge in [0.2, 0.25) is 0 Å². The van der Waals surface area contributed by atoms with Gasteiger partial charge in [0.25, 0.3) is 0 Å². The van der Waals surface area contributed by atoms with Crippen LogP contribution in [0.4, 0.5) is 0 Å². The summed E-state index contributed by atoms with van der Waals surface area (Å²) in [6.45, 7) is 2.28. The first-order chi connectivity index (χ1) is 9.26. The van der Waals surface area contributed by atoms with Gasteiger partial charge in [-0.25, -0.2) is 0 Å². The molecule has 3 rings (SSSR count). The minimum absolute atomic E-state index is 0.598. The second kappa shape index (κ2) is 5.24. The first-order valence-electron chi connectivity index (χ1n) is 7.30. The minimum Gasteiger partial charge on any atom is -0.353 e. The molecule has 19 heavy (non-hydrogen) atoms. The van der Waals surface area contributed by atoms with Crippen molar-refractivity contribution in [2.75, 3.05) is 7.05 Å². The van der Waals surface area contributed by atoms with Crippen LogP contribution in [0, 0.1) is 11.8 Å². The lowest BCUT2D eigenvalue weighted by Crippen LogP contribution is -2.40.